The zero-order valence-corrected chi connectivity index (χ0v) is 10.2. The average molecular weight is 253 g/mol. The molecule has 1 atom stereocenters. The molecule has 1 fully saturated rings. The molecule has 0 bridgehead atoms. The maximum atomic E-state index is 11.8. The molecule has 1 heterocycles. The van der Waals surface area contributed by atoms with Crippen LogP contribution in [0.1, 0.15) is 23.2 Å². The van der Waals surface area contributed by atoms with Crippen LogP contribution in [0, 0.1) is 0 Å². The second-order valence-corrected chi connectivity index (χ2v) is 5.46. The van der Waals surface area contributed by atoms with E-state index in [2.05, 4.69) is 5.32 Å². The number of nitrogens with one attached hydrogen (secondary N) is 1. The third-order valence-electron chi connectivity index (χ3n) is 2.75. The average Bonchev–Trinajstić information content (AvgIpc) is 2.82. The number of rotatable bonds is 3. The lowest BCUT2D eigenvalue weighted by Gasteiger charge is -2.10. The quantitative estimate of drug-likeness (QED) is 0.717. The summed E-state index contributed by atoms with van der Waals surface area (Å²) in [4.78, 5) is 11.8. The summed E-state index contributed by atoms with van der Waals surface area (Å²) < 4.78 is 0. The molecule has 1 aromatic carbocycles. The Morgan fingerprint density at radius 2 is 2.24 bits per heavy atom. The molecule has 1 aliphatic rings. The Bertz CT molecular complexity index is 416. The van der Waals surface area contributed by atoms with E-state index in [1.54, 1.807) is 0 Å². The number of hydrogen-bond acceptors (Lipinski definition) is 4. The summed E-state index contributed by atoms with van der Waals surface area (Å²) >= 11 is 1.88. The number of phenols is 2. The normalized spacial score (nSPS) is 19.2. The number of aromatic hydroxyl groups is 2. The fourth-order valence-corrected chi connectivity index (χ4v) is 2.98. The van der Waals surface area contributed by atoms with Crippen molar-refractivity contribution in [3.63, 3.8) is 0 Å². The third kappa shape index (κ3) is 3.06. The van der Waals surface area contributed by atoms with Crippen molar-refractivity contribution in [2.75, 3.05) is 12.3 Å². The van der Waals surface area contributed by atoms with Gasteiger partial charge in [-0.15, -0.1) is 0 Å². The highest BCUT2D eigenvalue weighted by Gasteiger charge is 2.17. The van der Waals surface area contributed by atoms with Crippen LogP contribution < -0.4 is 5.32 Å². The zero-order valence-electron chi connectivity index (χ0n) is 9.35. The minimum atomic E-state index is -0.270. The predicted octanol–water partition coefficient (Wildman–Crippen LogP) is 1.72. The number of thioether (sulfide) groups is 1. The molecule has 0 aromatic heterocycles. The lowest BCUT2D eigenvalue weighted by atomic mass is 10.2. The highest BCUT2D eigenvalue weighted by molar-refractivity contribution is 8.00. The first kappa shape index (κ1) is 12.1. The number of carbonyl (C=O) groups is 1. The molecule has 5 heteroatoms. The van der Waals surface area contributed by atoms with Crippen molar-refractivity contribution >= 4 is 17.7 Å². The van der Waals surface area contributed by atoms with E-state index in [1.165, 1.54) is 30.4 Å². The molecule has 1 unspecified atom stereocenters. The van der Waals surface area contributed by atoms with Crippen LogP contribution >= 0.6 is 11.8 Å². The van der Waals surface area contributed by atoms with Gasteiger partial charge in [0, 0.05) is 17.4 Å². The van der Waals surface area contributed by atoms with Gasteiger partial charge in [0.1, 0.15) is 0 Å². The van der Waals surface area contributed by atoms with Crippen molar-refractivity contribution in [1.82, 2.24) is 5.32 Å². The molecule has 3 N–H and O–H groups in total. The number of amides is 1. The molecule has 0 radical (unpaired) electrons. The van der Waals surface area contributed by atoms with Crippen LogP contribution in [-0.2, 0) is 0 Å². The van der Waals surface area contributed by atoms with Crippen LogP contribution in [0.15, 0.2) is 18.2 Å². The molecule has 2 rings (SSSR count). The second-order valence-electron chi connectivity index (χ2n) is 4.05. The lowest BCUT2D eigenvalue weighted by molar-refractivity contribution is 0.0953. The lowest BCUT2D eigenvalue weighted by Crippen LogP contribution is -2.29. The van der Waals surface area contributed by atoms with Gasteiger partial charge >= 0.3 is 0 Å². The molecule has 0 saturated carbocycles. The Morgan fingerprint density at radius 1 is 1.41 bits per heavy atom. The van der Waals surface area contributed by atoms with Gasteiger partial charge in [-0.3, -0.25) is 4.79 Å². The Labute approximate surface area is 104 Å². The summed E-state index contributed by atoms with van der Waals surface area (Å²) in [5.74, 6) is 0.467. The van der Waals surface area contributed by atoms with Crippen LogP contribution in [-0.4, -0.2) is 33.7 Å². The van der Waals surface area contributed by atoms with Crippen molar-refractivity contribution in [3.8, 4) is 11.5 Å². The third-order valence-corrected chi connectivity index (χ3v) is 4.15. The SMILES string of the molecule is O=C(NCC1CCCS1)c1ccc(O)c(O)c1. The van der Waals surface area contributed by atoms with E-state index in [9.17, 15) is 9.90 Å². The van der Waals surface area contributed by atoms with Gasteiger partial charge in [0.2, 0.25) is 0 Å². The minimum Gasteiger partial charge on any atom is -0.504 e. The molecule has 17 heavy (non-hydrogen) atoms. The first-order chi connectivity index (χ1) is 8.16. The van der Waals surface area contributed by atoms with Gasteiger partial charge in [0.25, 0.3) is 5.91 Å². The van der Waals surface area contributed by atoms with E-state index in [0.717, 1.165) is 6.42 Å². The van der Waals surface area contributed by atoms with Gasteiger partial charge in [-0.05, 0) is 36.8 Å². The summed E-state index contributed by atoms with van der Waals surface area (Å²) in [6.45, 7) is 0.658. The van der Waals surface area contributed by atoms with Crippen LogP contribution in [0.4, 0.5) is 0 Å². The topological polar surface area (TPSA) is 69.6 Å². The van der Waals surface area contributed by atoms with Gasteiger partial charge in [-0.2, -0.15) is 11.8 Å². The number of carbonyl (C=O) groups excluding carboxylic acids is 1. The summed E-state index contributed by atoms with van der Waals surface area (Å²) in [6.07, 6.45) is 2.36. The Hall–Kier alpha value is -1.36. The monoisotopic (exact) mass is 253 g/mol. The molecule has 1 aliphatic heterocycles. The smallest absolute Gasteiger partial charge is 0.251 e. The zero-order chi connectivity index (χ0) is 12.3. The maximum absolute atomic E-state index is 11.8. The van der Waals surface area contributed by atoms with E-state index in [1.807, 2.05) is 11.8 Å². The molecular weight excluding hydrogens is 238 g/mol. The van der Waals surface area contributed by atoms with Gasteiger partial charge < -0.3 is 15.5 Å². The minimum absolute atomic E-state index is 0.215. The van der Waals surface area contributed by atoms with Gasteiger partial charge in [0.15, 0.2) is 11.5 Å². The first-order valence-electron chi connectivity index (χ1n) is 5.58. The summed E-state index contributed by atoms with van der Waals surface area (Å²) in [6, 6.07) is 4.08. The van der Waals surface area contributed by atoms with E-state index < -0.39 is 0 Å². The maximum Gasteiger partial charge on any atom is 0.251 e. The number of hydrogen-bond donors (Lipinski definition) is 3. The fourth-order valence-electron chi connectivity index (χ4n) is 1.78. The van der Waals surface area contributed by atoms with E-state index >= 15 is 0 Å². The first-order valence-corrected chi connectivity index (χ1v) is 6.63. The highest BCUT2D eigenvalue weighted by atomic mass is 32.2. The van der Waals surface area contributed by atoms with Crippen LogP contribution in [0.3, 0.4) is 0 Å². The molecule has 1 saturated heterocycles. The molecular formula is C12H15NO3S. The molecule has 4 nitrogen and oxygen atoms in total. The molecule has 0 aliphatic carbocycles. The van der Waals surface area contributed by atoms with E-state index in [4.69, 9.17) is 5.11 Å². The summed E-state index contributed by atoms with van der Waals surface area (Å²) in [5.41, 5.74) is 0.364. The molecule has 0 spiro atoms. The van der Waals surface area contributed by atoms with Crippen LogP contribution in [0.25, 0.3) is 0 Å². The second kappa shape index (κ2) is 5.31. The van der Waals surface area contributed by atoms with Crippen molar-refractivity contribution in [1.29, 1.82) is 0 Å². The molecule has 1 amide bonds. The van der Waals surface area contributed by atoms with Crippen LogP contribution in [0.2, 0.25) is 0 Å². The van der Waals surface area contributed by atoms with Crippen molar-refractivity contribution in [2.24, 2.45) is 0 Å². The van der Waals surface area contributed by atoms with Gasteiger partial charge in [-0.25, -0.2) is 0 Å². The number of phenolic OH excluding ortho intramolecular Hbond substituents is 2. The highest BCUT2D eigenvalue weighted by Crippen LogP contribution is 2.26. The fraction of sp³-hybridized carbons (Fsp3) is 0.417. The predicted molar refractivity (Wildman–Crippen MR) is 67.6 cm³/mol. The van der Waals surface area contributed by atoms with Gasteiger partial charge in [-0.1, -0.05) is 0 Å². The Morgan fingerprint density at radius 3 is 2.88 bits per heavy atom. The summed E-state index contributed by atoms with van der Waals surface area (Å²) in [7, 11) is 0. The van der Waals surface area contributed by atoms with Crippen molar-refractivity contribution in [2.45, 2.75) is 18.1 Å². The largest absolute Gasteiger partial charge is 0.504 e. The van der Waals surface area contributed by atoms with Crippen molar-refractivity contribution < 1.29 is 15.0 Å². The van der Waals surface area contributed by atoms with Crippen LogP contribution in [0.5, 0.6) is 11.5 Å². The van der Waals surface area contributed by atoms with Crippen molar-refractivity contribution in [3.05, 3.63) is 23.8 Å². The Kier molecular flexibility index (Phi) is 3.78. The van der Waals surface area contributed by atoms with E-state index in [0.29, 0.717) is 17.4 Å². The standard InChI is InChI=1S/C12H15NO3S/c14-10-4-3-8(6-11(10)15)12(16)13-7-9-2-1-5-17-9/h3-4,6,9,14-15H,1-2,5,7H2,(H,13,16). The number of benzene rings is 1. The molecule has 1 aromatic rings. The summed E-state index contributed by atoms with van der Waals surface area (Å²) in [5, 5.41) is 21.8. The molecule has 92 valence electrons. The van der Waals surface area contributed by atoms with E-state index in [-0.39, 0.29) is 17.4 Å². The van der Waals surface area contributed by atoms with Gasteiger partial charge in [0.05, 0.1) is 0 Å². The Balaban J connectivity index is 1.92.